The maximum atomic E-state index is 15.2. The van der Waals surface area contributed by atoms with Gasteiger partial charge in [-0.3, -0.25) is 4.90 Å². The molecule has 3 aromatic rings. The number of nitrogens with zero attached hydrogens (tertiary/aromatic N) is 8. The fraction of sp³-hybridized carbons (Fsp3) is 0.538. The predicted octanol–water partition coefficient (Wildman–Crippen LogP) is 2.77. The second-order valence-electron chi connectivity index (χ2n) is 11.0. The van der Waals surface area contributed by atoms with Crippen LogP contribution in [0.15, 0.2) is 23.1 Å². The number of aryl methyl sites for hydroxylation is 1. The van der Waals surface area contributed by atoms with Gasteiger partial charge >= 0.3 is 5.69 Å². The maximum Gasteiger partial charge on any atom is 0.368 e. The van der Waals surface area contributed by atoms with Gasteiger partial charge in [0.1, 0.15) is 23.9 Å². The van der Waals surface area contributed by atoms with E-state index in [9.17, 15) is 9.90 Å². The first kappa shape index (κ1) is 27.5. The molecule has 0 unspecified atom stereocenters. The number of aliphatic hydroxyl groups is 1. The Morgan fingerprint density at radius 1 is 1.35 bits per heavy atom. The number of aromatic nitrogens is 6. The molecule has 0 bridgehead atoms. The minimum atomic E-state index is -0.820. The van der Waals surface area contributed by atoms with Crippen molar-refractivity contribution in [3.63, 3.8) is 0 Å². The van der Waals surface area contributed by atoms with Crippen LogP contribution in [0.3, 0.4) is 0 Å². The van der Waals surface area contributed by atoms with Crippen molar-refractivity contribution in [1.29, 1.82) is 0 Å². The van der Waals surface area contributed by atoms with Crippen LogP contribution >= 0.6 is 0 Å². The molecule has 2 aliphatic rings. The van der Waals surface area contributed by atoms with Gasteiger partial charge in [0.25, 0.3) is 0 Å². The summed E-state index contributed by atoms with van der Waals surface area (Å²) >= 11 is 0. The van der Waals surface area contributed by atoms with Gasteiger partial charge in [0.2, 0.25) is 11.6 Å². The third-order valence-corrected chi connectivity index (χ3v) is 7.41. The van der Waals surface area contributed by atoms with Gasteiger partial charge in [0.05, 0.1) is 18.4 Å². The van der Waals surface area contributed by atoms with E-state index in [0.717, 1.165) is 41.2 Å². The lowest BCUT2D eigenvalue weighted by atomic mass is 9.84. The van der Waals surface area contributed by atoms with E-state index in [0.29, 0.717) is 11.9 Å². The highest BCUT2D eigenvalue weighted by molar-refractivity contribution is 5.69. The van der Waals surface area contributed by atoms with E-state index in [1.54, 1.807) is 0 Å². The van der Waals surface area contributed by atoms with E-state index in [1.165, 1.54) is 32.7 Å². The summed E-state index contributed by atoms with van der Waals surface area (Å²) in [7, 11) is 1.43. The highest BCUT2D eigenvalue weighted by Gasteiger charge is 2.43. The molecule has 40 heavy (non-hydrogen) atoms. The topological polar surface area (TPSA) is 140 Å². The third-order valence-electron chi connectivity index (χ3n) is 7.41. The van der Waals surface area contributed by atoms with Crippen LogP contribution in [0, 0.1) is 12.4 Å². The third kappa shape index (κ3) is 5.47. The minimum absolute atomic E-state index is 0.000882. The number of piperidine rings is 1. The second-order valence-corrected chi connectivity index (χ2v) is 11.0. The van der Waals surface area contributed by atoms with Crippen molar-refractivity contribution in [1.82, 2.24) is 34.7 Å². The van der Waals surface area contributed by atoms with Gasteiger partial charge in [0, 0.05) is 36.9 Å². The summed E-state index contributed by atoms with van der Waals surface area (Å²) in [4.78, 5) is 27.4. The molecule has 3 atom stereocenters. The quantitative estimate of drug-likeness (QED) is 0.358. The van der Waals surface area contributed by atoms with Gasteiger partial charge in [-0.15, -0.1) is 0 Å². The average molecular weight is 553 g/mol. The molecule has 14 heteroatoms. The number of aliphatic hydroxyl groups excluding tert-OH is 1. The predicted molar refractivity (Wildman–Crippen MR) is 146 cm³/mol. The first-order valence-electron chi connectivity index (χ1n) is 13.2. The van der Waals surface area contributed by atoms with Crippen LogP contribution in [0.4, 0.5) is 27.5 Å². The Morgan fingerprint density at radius 2 is 2.15 bits per heavy atom. The van der Waals surface area contributed by atoms with E-state index in [4.69, 9.17) is 11.3 Å². The van der Waals surface area contributed by atoms with E-state index in [1.807, 2.05) is 0 Å². The largest absolute Gasteiger partial charge is 0.489 e. The molecular weight excluding hydrogens is 519 g/mol. The molecule has 4 heterocycles. The summed E-state index contributed by atoms with van der Waals surface area (Å²) < 4.78 is 22.8. The molecule has 5 rings (SSSR count). The van der Waals surface area contributed by atoms with Crippen molar-refractivity contribution in [2.45, 2.75) is 70.2 Å². The van der Waals surface area contributed by atoms with E-state index >= 15 is 4.39 Å². The minimum Gasteiger partial charge on any atom is -0.489 e. The summed E-state index contributed by atoms with van der Waals surface area (Å²) in [6.07, 6.45) is 4.76. The summed E-state index contributed by atoms with van der Waals surface area (Å²) in [5, 5.41) is 23.5. The van der Waals surface area contributed by atoms with Crippen LogP contribution < -0.4 is 21.1 Å². The van der Waals surface area contributed by atoms with Gasteiger partial charge < -0.3 is 20.5 Å². The number of tetrazole rings is 1. The van der Waals surface area contributed by atoms with Gasteiger partial charge in [-0.05, 0) is 69.5 Å². The van der Waals surface area contributed by atoms with Gasteiger partial charge in [-0.2, -0.15) is 9.36 Å². The molecule has 0 aliphatic carbocycles. The Kier molecular flexibility index (Phi) is 7.43. The number of fused-ring (bicyclic) bond motifs is 1. The molecule has 0 spiro atoms. The van der Waals surface area contributed by atoms with Crippen LogP contribution in [-0.4, -0.2) is 76.6 Å². The highest BCUT2D eigenvalue weighted by atomic mass is 19.1. The number of hydrogen-bond acceptors (Lipinski definition) is 10. The Morgan fingerprint density at radius 3 is 2.85 bits per heavy atom. The number of benzene rings is 1. The average Bonchev–Trinajstić information content (AvgIpc) is 3.51. The van der Waals surface area contributed by atoms with Crippen molar-refractivity contribution in [2.24, 2.45) is 7.05 Å². The van der Waals surface area contributed by atoms with Crippen LogP contribution in [-0.2, 0) is 7.05 Å². The van der Waals surface area contributed by atoms with Crippen molar-refractivity contribution in [3.05, 3.63) is 46.0 Å². The van der Waals surface area contributed by atoms with E-state index < -0.39 is 17.6 Å². The van der Waals surface area contributed by atoms with Crippen molar-refractivity contribution >= 4 is 23.1 Å². The SMILES string of the molecule is [C-]#[N+]c1cnc(Nc2cc(-n3nnn(C)c3=O)c(OC[C@@H](C)O)cc2F)nc1N[C@@H]1C[C@@H]2CCCN2C(C)(C)C1. The zero-order chi connectivity index (χ0) is 28.6. The molecular formula is C26H33FN10O3. The van der Waals surface area contributed by atoms with Crippen molar-refractivity contribution in [2.75, 3.05) is 23.8 Å². The number of hydrogen-bond donors (Lipinski definition) is 3. The van der Waals surface area contributed by atoms with Gasteiger partial charge in [0.15, 0.2) is 5.82 Å². The van der Waals surface area contributed by atoms with Crippen LogP contribution in [0.5, 0.6) is 5.75 Å². The van der Waals surface area contributed by atoms with Gasteiger partial charge in [-0.1, -0.05) is 0 Å². The normalized spacial score (nSPS) is 20.9. The fourth-order valence-electron chi connectivity index (χ4n) is 5.65. The summed E-state index contributed by atoms with van der Waals surface area (Å²) in [5.41, 5.74) is -0.201. The summed E-state index contributed by atoms with van der Waals surface area (Å²) in [6, 6.07) is 3.03. The lowest BCUT2D eigenvalue weighted by molar-refractivity contribution is 0.0501. The Bertz CT molecular complexity index is 1490. The highest BCUT2D eigenvalue weighted by Crippen LogP contribution is 2.39. The summed E-state index contributed by atoms with van der Waals surface area (Å²) in [5.74, 6) is -0.257. The van der Waals surface area contributed by atoms with E-state index in [2.05, 4.69) is 54.6 Å². The molecule has 2 fully saturated rings. The zero-order valence-corrected chi connectivity index (χ0v) is 22.9. The lowest BCUT2D eigenvalue weighted by Gasteiger charge is -2.48. The molecule has 3 N–H and O–H groups in total. The summed E-state index contributed by atoms with van der Waals surface area (Å²) in [6.45, 7) is 14.6. The van der Waals surface area contributed by atoms with E-state index in [-0.39, 0.29) is 46.9 Å². The van der Waals surface area contributed by atoms with Crippen molar-refractivity contribution in [3.8, 4) is 11.4 Å². The monoisotopic (exact) mass is 552 g/mol. The first-order valence-corrected chi connectivity index (χ1v) is 13.2. The van der Waals surface area contributed by atoms with Crippen molar-refractivity contribution < 1.29 is 14.2 Å². The zero-order valence-electron chi connectivity index (χ0n) is 22.9. The smallest absolute Gasteiger partial charge is 0.368 e. The number of halogens is 1. The number of nitrogens with one attached hydrogen (secondary N) is 2. The molecule has 0 amide bonds. The molecule has 13 nitrogen and oxygen atoms in total. The Balaban J connectivity index is 1.44. The Hall–Kier alpha value is -4.09. The number of anilines is 3. The molecule has 2 aromatic heterocycles. The maximum absolute atomic E-state index is 15.2. The van der Waals surface area contributed by atoms with Crippen LogP contribution in [0.1, 0.15) is 46.5 Å². The number of ether oxygens (including phenoxy) is 1. The Labute approximate surface area is 230 Å². The molecule has 2 aliphatic heterocycles. The number of rotatable bonds is 8. The molecule has 212 valence electrons. The van der Waals surface area contributed by atoms with Crippen LogP contribution in [0.2, 0.25) is 0 Å². The molecule has 0 saturated carbocycles. The fourth-order valence-corrected chi connectivity index (χ4v) is 5.65. The lowest BCUT2D eigenvalue weighted by Crippen LogP contribution is -2.55. The van der Waals surface area contributed by atoms with Gasteiger partial charge in [-0.25, -0.2) is 24.0 Å². The molecule has 0 radical (unpaired) electrons. The molecule has 1 aromatic carbocycles. The first-order chi connectivity index (χ1) is 19.1. The van der Waals surface area contributed by atoms with Crippen LogP contribution in [0.25, 0.3) is 10.5 Å². The second kappa shape index (κ2) is 10.8. The molecule has 2 saturated heterocycles. The standard InChI is InChI=1S/C26H33FN10O3/c1-15(38)14-40-22-10-18(27)19(11-21(22)37-25(39)35(5)33-34-37)31-24-29-13-20(28-4)23(32-24)30-16-9-17-7-6-8-36(17)26(2,3)12-16/h10-11,13,15-17,38H,6-9,12,14H2,1-3,5H3,(H2,29,30,31,32)/t15-,16-,17+/m1/s1.